The molecule has 2 aromatic carbocycles. The average molecular weight is 379 g/mol. The Morgan fingerprint density at radius 3 is 2.44 bits per heavy atom. The van der Waals surface area contributed by atoms with Gasteiger partial charge in [-0.15, -0.1) is 11.3 Å². The van der Waals surface area contributed by atoms with E-state index in [2.05, 4.69) is 16.0 Å². The fraction of sp³-hybridized carbons (Fsp3) is 0.238. The summed E-state index contributed by atoms with van der Waals surface area (Å²) in [5, 5.41) is 0.881. The summed E-state index contributed by atoms with van der Waals surface area (Å²) < 4.78 is 5.46. The number of carbonyl (C=O) groups is 1. The Kier molecular flexibility index (Phi) is 5.07. The number of thiazole rings is 1. The summed E-state index contributed by atoms with van der Waals surface area (Å²) >= 11 is 1.46. The summed E-state index contributed by atoms with van der Waals surface area (Å²) in [5.74, 6) is 0.932. The monoisotopic (exact) mass is 379 g/mol. The van der Waals surface area contributed by atoms with E-state index in [0.29, 0.717) is 18.0 Å². The first-order valence-corrected chi connectivity index (χ1v) is 9.76. The first kappa shape index (κ1) is 17.5. The molecule has 5 nitrogen and oxygen atoms in total. The number of hydrogen-bond donors (Lipinski definition) is 0. The average Bonchev–Trinajstić information content (AvgIpc) is 3.24. The van der Waals surface area contributed by atoms with E-state index in [-0.39, 0.29) is 5.91 Å². The number of carbonyl (C=O) groups excluding carboxylic acids is 1. The van der Waals surface area contributed by atoms with E-state index in [1.807, 2.05) is 53.4 Å². The van der Waals surface area contributed by atoms with Crippen LogP contribution in [0.5, 0.6) is 5.75 Å². The van der Waals surface area contributed by atoms with Crippen LogP contribution in [0, 0.1) is 0 Å². The van der Waals surface area contributed by atoms with Crippen molar-refractivity contribution in [3.63, 3.8) is 0 Å². The standard InChI is InChI=1S/C21H21N3O2S/c1-26-18-10-6-5-9-17(18)23-11-13-24(14-12-23)21(25)19-15-22-20(27-19)16-7-3-2-4-8-16/h2-10,15H,11-14H2,1H3. The van der Waals surface area contributed by atoms with E-state index in [1.165, 1.54) is 11.3 Å². The lowest BCUT2D eigenvalue weighted by Gasteiger charge is -2.36. The lowest BCUT2D eigenvalue weighted by atomic mass is 10.2. The number of para-hydroxylation sites is 2. The van der Waals surface area contributed by atoms with E-state index >= 15 is 0 Å². The number of rotatable bonds is 4. The fourth-order valence-corrected chi connectivity index (χ4v) is 4.17. The van der Waals surface area contributed by atoms with Gasteiger partial charge >= 0.3 is 0 Å². The van der Waals surface area contributed by atoms with Crippen molar-refractivity contribution < 1.29 is 9.53 Å². The van der Waals surface area contributed by atoms with Crippen molar-refractivity contribution in [2.75, 3.05) is 38.2 Å². The molecular formula is C21H21N3O2S. The summed E-state index contributed by atoms with van der Waals surface area (Å²) in [6.07, 6.45) is 1.70. The maximum atomic E-state index is 12.9. The summed E-state index contributed by atoms with van der Waals surface area (Å²) in [6, 6.07) is 18.0. The highest BCUT2D eigenvalue weighted by atomic mass is 32.1. The highest BCUT2D eigenvalue weighted by Gasteiger charge is 2.25. The van der Waals surface area contributed by atoms with Crippen molar-refractivity contribution in [1.29, 1.82) is 0 Å². The molecule has 0 radical (unpaired) electrons. The Hall–Kier alpha value is -2.86. The number of nitrogens with zero attached hydrogens (tertiary/aromatic N) is 3. The second-order valence-corrected chi connectivity index (χ2v) is 7.38. The van der Waals surface area contributed by atoms with E-state index in [1.54, 1.807) is 13.3 Å². The van der Waals surface area contributed by atoms with Crippen LogP contribution < -0.4 is 9.64 Å². The molecule has 1 aliphatic heterocycles. The van der Waals surface area contributed by atoms with Gasteiger partial charge in [-0.1, -0.05) is 42.5 Å². The molecule has 27 heavy (non-hydrogen) atoms. The predicted octanol–water partition coefficient (Wildman–Crippen LogP) is 3.78. The minimum atomic E-state index is 0.0642. The molecule has 0 atom stereocenters. The summed E-state index contributed by atoms with van der Waals surface area (Å²) in [7, 11) is 1.69. The lowest BCUT2D eigenvalue weighted by molar-refractivity contribution is 0.0751. The van der Waals surface area contributed by atoms with Gasteiger partial charge in [0.15, 0.2) is 0 Å². The highest BCUT2D eigenvalue weighted by molar-refractivity contribution is 7.16. The van der Waals surface area contributed by atoms with E-state index < -0.39 is 0 Å². The SMILES string of the molecule is COc1ccccc1N1CCN(C(=O)c2cnc(-c3ccccc3)s2)CC1. The van der Waals surface area contributed by atoms with Crippen LogP contribution in [0.4, 0.5) is 5.69 Å². The number of amides is 1. The van der Waals surface area contributed by atoms with Crippen LogP contribution in [0.3, 0.4) is 0 Å². The quantitative estimate of drug-likeness (QED) is 0.692. The van der Waals surface area contributed by atoms with E-state index in [9.17, 15) is 4.79 Å². The summed E-state index contributed by atoms with van der Waals surface area (Å²) in [4.78, 5) is 22.2. The minimum absolute atomic E-state index is 0.0642. The Balaban J connectivity index is 1.43. The Morgan fingerprint density at radius 2 is 1.70 bits per heavy atom. The van der Waals surface area contributed by atoms with Crippen molar-refractivity contribution in [2.45, 2.75) is 0 Å². The van der Waals surface area contributed by atoms with Crippen LogP contribution in [0.1, 0.15) is 9.67 Å². The van der Waals surface area contributed by atoms with Gasteiger partial charge in [0, 0.05) is 31.7 Å². The van der Waals surface area contributed by atoms with Crippen molar-refractivity contribution in [3.8, 4) is 16.3 Å². The molecule has 4 rings (SSSR count). The number of benzene rings is 2. The first-order chi connectivity index (χ1) is 13.3. The molecule has 1 saturated heterocycles. The van der Waals surface area contributed by atoms with Crippen LogP contribution in [-0.4, -0.2) is 49.1 Å². The maximum absolute atomic E-state index is 12.9. The zero-order valence-electron chi connectivity index (χ0n) is 15.2. The smallest absolute Gasteiger partial charge is 0.265 e. The fourth-order valence-electron chi connectivity index (χ4n) is 3.28. The van der Waals surface area contributed by atoms with E-state index in [0.717, 1.165) is 35.1 Å². The molecule has 0 bridgehead atoms. The van der Waals surface area contributed by atoms with Crippen molar-refractivity contribution in [3.05, 3.63) is 65.7 Å². The third-order valence-electron chi connectivity index (χ3n) is 4.73. The van der Waals surface area contributed by atoms with Gasteiger partial charge in [0.2, 0.25) is 0 Å². The third-order valence-corrected chi connectivity index (χ3v) is 5.76. The molecular weight excluding hydrogens is 358 g/mol. The largest absolute Gasteiger partial charge is 0.495 e. The van der Waals surface area contributed by atoms with Crippen molar-refractivity contribution in [1.82, 2.24) is 9.88 Å². The van der Waals surface area contributed by atoms with Crippen LogP contribution in [0.2, 0.25) is 0 Å². The second-order valence-electron chi connectivity index (χ2n) is 6.35. The maximum Gasteiger partial charge on any atom is 0.265 e. The minimum Gasteiger partial charge on any atom is -0.495 e. The molecule has 0 aliphatic carbocycles. The van der Waals surface area contributed by atoms with Gasteiger partial charge in [-0.25, -0.2) is 4.98 Å². The molecule has 0 spiro atoms. The molecule has 6 heteroatoms. The van der Waals surface area contributed by atoms with Gasteiger partial charge in [0.05, 0.1) is 19.0 Å². The normalized spacial score (nSPS) is 14.3. The Labute approximate surface area is 162 Å². The summed E-state index contributed by atoms with van der Waals surface area (Å²) in [5.41, 5.74) is 2.12. The number of aromatic nitrogens is 1. The van der Waals surface area contributed by atoms with Crippen molar-refractivity contribution >= 4 is 22.9 Å². The first-order valence-electron chi connectivity index (χ1n) is 8.95. The van der Waals surface area contributed by atoms with Crippen LogP contribution in [0.15, 0.2) is 60.8 Å². The second kappa shape index (κ2) is 7.80. The van der Waals surface area contributed by atoms with Gasteiger partial charge in [0.1, 0.15) is 15.6 Å². The molecule has 1 amide bonds. The number of ether oxygens (including phenoxy) is 1. The molecule has 2 heterocycles. The van der Waals surface area contributed by atoms with Gasteiger partial charge in [-0.2, -0.15) is 0 Å². The highest BCUT2D eigenvalue weighted by Crippen LogP contribution is 2.29. The molecule has 138 valence electrons. The van der Waals surface area contributed by atoms with Crippen LogP contribution in [0.25, 0.3) is 10.6 Å². The predicted molar refractivity (Wildman–Crippen MR) is 109 cm³/mol. The number of methoxy groups -OCH3 is 1. The van der Waals surface area contributed by atoms with Gasteiger partial charge in [0.25, 0.3) is 5.91 Å². The van der Waals surface area contributed by atoms with Gasteiger partial charge in [-0.3, -0.25) is 4.79 Å². The lowest BCUT2D eigenvalue weighted by Crippen LogP contribution is -2.48. The Bertz CT molecular complexity index is 918. The topological polar surface area (TPSA) is 45.7 Å². The van der Waals surface area contributed by atoms with Gasteiger partial charge in [-0.05, 0) is 12.1 Å². The Morgan fingerprint density at radius 1 is 1.00 bits per heavy atom. The molecule has 1 aromatic heterocycles. The van der Waals surface area contributed by atoms with Crippen LogP contribution >= 0.6 is 11.3 Å². The third kappa shape index (κ3) is 3.66. The molecule has 3 aromatic rings. The van der Waals surface area contributed by atoms with Crippen molar-refractivity contribution in [2.24, 2.45) is 0 Å². The molecule has 1 aliphatic rings. The zero-order valence-corrected chi connectivity index (χ0v) is 16.0. The van der Waals surface area contributed by atoms with Crippen LogP contribution in [-0.2, 0) is 0 Å². The summed E-state index contributed by atoms with van der Waals surface area (Å²) in [6.45, 7) is 2.96. The van der Waals surface area contributed by atoms with E-state index in [4.69, 9.17) is 4.74 Å². The molecule has 0 N–H and O–H groups in total. The molecule has 0 saturated carbocycles. The number of anilines is 1. The number of piperazine rings is 1. The molecule has 1 fully saturated rings. The zero-order chi connectivity index (χ0) is 18.6. The number of hydrogen-bond acceptors (Lipinski definition) is 5. The van der Waals surface area contributed by atoms with Gasteiger partial charge < -0.3 is 14.5 Å². The molecule has 0 unspecified atom stereocenters.